The predicted octanol–water partition coefficient (Wildman–Crippen LogP) is 2.70. The van der Waals surface area contributed by atoms with Crippen molar-refractivity contribution in [2.24, 2.45) is 5.41 Å². The number of amides is 1. The molecule has 0 aromatic heterocycles. The number of thioether (sulfide) groups is 1. The number of fused-ring (bicyclic) bond motifs is 1. The van der Waals surface area contributed by atoms with Gasteiger partial charge in [-0.1, -0.05) is 18.2 Å². The average molecular weight is 316 g/mol. The van der Waals surface area contributed by atoms with Crippen LogP contribution >= 0.6 is 11.8 Å². The molecule has 3 aliphatic heterocycles. The summed E-state index contributed by atoms with van der Waals surface area (Å²) in [6.45, 7) is 4.24. The molecule has 1 unspecified atom stereocenters. The molecule has 1 spiro atoms. The number of nitrogens with one attached hydrogen (secondary N) is 1. The maximum Gasteiger partial charge on any atom is 0.236 e. The fraction of sp³-hybridized carbons (Fsp3) is 0.611. The lowest BCUT2D eigenvalue weighted by molar-refractivity contribution is -0.133. The van der Waals surface area contributed by atoms with Crippen LogP contribution in [0.2, 0.25) is 0 Å². The molecule has 118 valence electrons. The summed E-state index contributed by atoms with van der Waals surface area (Å²) in [6.07, 6.45) is 5.89. The molecular weight excluding hydrogens is 292 g/mol. The Morgan fingerprint density at radius 1 is 1.14 bits per heavy atom. The number of nitrogens with zero attached hydrogens (tertiary/aromatic N) is 1. The molecule has 22 heavy (non-hydrogen) atoms. The minimum absolute atomic E-state index is 0.111. The highest BCUT2D eigenvalue weighted by atomic mass is 32.2. The predicted molar refractivity (Wildman–Crippen MR) is 90.1 cm³/mol. The van der Waals surface area contributed by atoms with E-state index in [1.54, 1.807) is 11.8 Å². The number of rotatable bonds is 1. The first kappa shape index (κ1) is 14.6. The van der Waals surface area contributed by atoms with Crippen LogP contribution in [0.25, 0.3) is 0 Å². The third kappa shape index (κ3) is 2.67. The molecular formula is C18H24N2OS. The Bertz CT molecular complexity index is 533. The van der Waals surface area contributed by atoms with Crippen molar-refractivity contribution >= 4 is 17.7 Å². The van der Waals surface area contributed by atoms with Crippen LogP contribution in [-0.2, 0) is 11.2 Å². The SMILES string of the molecule is O=C(C1Cc2ccccc2S1)N1CCC2(CCNCC2)CC1. The van der Waals surface area contributed by atoms with Crippen LogP contribution in [0.4, 0.5) is 0 Å². The summed E-state index contributed by atoms with van der Waals surface area (Å²) in [6, 6.07) is 8.46. The van der Waals surface area contributed by atoms with Gasteiger partial charge in [0, 0.05) is 18.0 Å². The lowest BCUT2D eigenvalue weighted by atomic mass is 9.71. The number of likely N-dealkylation sites (tertiary alicyclic amines) is 1. The van der Waals surface area contributed by atoms with Gasteiger partial charge in [-0.2, -0.15) is 0 Å². The molecule has 0 bridgehead atoms. The molecule has 1 N–H and O–H groups in total. The van der Waals surface area contributed by atoms with Gasteiger partial charge in [-0.05, 0) is 62.2 Å². The van der Waals surface area contributed by atoms with Gasteiger partial charge in [-0.25, -0.2) is 0 Å². The number of benzene rings is 1. The van der Waals surface area contributed by atoms with Crippen LogP contribution in [0.1, 0.15) is 31.2 Å². The fourth-order valence-electron chi connectivity index (χ4n) is 4.18. The number of hydrogen-bond donors (Lipinski definition) is 1. The third-order valence-electron chi connectivity index (χ3n) is 5.72. The molecule has 0 saturated carbocycles. The quantitative estimate of drug-likeness (QED) is 0.864. The van der Waals surface area contributed by atoms with Gasteiger partial charge in [0.15, 0.2) is 0 Å². The normalized spacial score (nSPS) is 26.9. The monoisotopic (exact) mass is 316 g/mol. The van der Waals surface area contributed by atoms with E-state index in [-0.39, 0.29) is 5.25 Å². The van der Waals surface area contributed by atoms with E-state index in [0.29, 0.717) is 11.3 Å². The van der Waals surface area contributed by atoms with E-state index in [1.807, 2.05) is 0 Å². The minimum Gasteiger partial charge on any atom is -0.342 e. The summed E-state index contributed by atoms with van der Waals surface area (Å²) in [5, 5.41) is 3.57. The van der Waals surface area contributed by atoms with E-state index in [9.17, 15) is 4.79 Å². The summed E-state index contributed by atoms with van der Waals surface area (Å²) in [5.41, 5.74) is 1.87. The second-order valence-electron chi connectivity index (χ2n) is 6.99. The zero-order chi connectivity index (χ0) is 15.0. The summed E-state index contributed by atoms with van der Waals surface area (Å²) in [7, 11) is 0. The lowest BCUT2D eigenvalue weighted by Gasteiger charge is -2.44. The van der Waals surface area contributed by atoms with E-state index in [4.69, 9.17) is 0 Å². The van der Waals surface area contributed by atoms with E-state index in [1.165, 1.54) is 36.1 Å². The maximum atomic E-state index is 12.8. The van der Waals surface area contributed by atoms with Gasteiger partial charge in [-0.3, -0.25) is 4.79 Å². The molecule has 2 fully saturated rings. The van der Waals surface area contributed by atoms with Crippen molar-refractivity contribution in [3.8, 4) is 0 Å². The summed E-state index contributed by atoms with van der Waals surface area (Å²) >= 11 is 1.76. The Hall–Kier alpha value is -1.00. The lowest BCUT2D eigenvalue weighted by Crippen LogP contribution is -2.49. The molecule has 4 rings (SSSR count). The van der Waals surface area contributed by atoms with Gasteiger partial charge in [0.1, 0.15) is 0 Å². The molecule has 1 amide bonds. The highest BCUT2D eigenvalue weighted by Gasteiger charge is 2.39. The Morgan fingerprint density at radius 2 is 1.86 bits per heavy atom. The van der Waals surface area contributed by atoms with Crippen LogP contribution in [0.15, 0.2) is 29.2 Å². The van der Waals surface area contributed by atoms with Gasteiger partial charge < -0.3 is 10.2 Å². The number of hydrogen-bond acceptors (Lipinski definition) is 3. The first-order valence-corrected chi connectivity index (χ1v) is 9.38. The fourth-order valence-corrected chi connectivity index (χ4v) is 5.46. The summed E-state index contributed by atoms with van der Waals surface area (Å²) < 4.78 is 0. The van der Waals surface area contributed by atoms with E-state index in [2.05, 4.69) is 34.5 Å². The maximum absolute atomic E-state index is 12.8. The Kier molecular flexibility index (Phi) is 3.91. The van der Waals surface area contributed by atoms with Crippen molar-refractivity contribution in [2.45, 2.75) is 42.2 Å². The summed E-state index contributed by atoms with van der Waals surface area (Å²) in [5.74, 6) is 0.366. The molecule has 1 atom stereocenters. The zero-order valence-electron chi connectivity index (χ0n) is 13.0. The van der Waals surface area contributed by atoms with Crippen molar-refractivity contribution in [1.82, 2.24) is 10.2 Å². The van der Waals surface area contributed by atoms with Gasteiger partial charge in [0.25, 0.3) is 0 Å². The van der Waals surface area contributed by atoms with E-state index in [0.717, 1.165) is 32.6 Å². The molecule has 3 heterocycles. The van der Waals surface area contributed by atoms with Crippen LogP contribution in [0, 0.1) is 5.41 Å². The molecule has 4 heteroatoms. The van der Waals surface area contributed by atoms with Crippen LogP contribution < -0.4 is 5.32 Å². The van der Waals surface area contributed by atoms with Crippen molar-refractivity contribution < 1.29 is 4.79 Å². The van der Waals surface area contributed by atoms with Crippen molar-refractivity contribution in [3.63, 3.8) is 0 Å². The van der Waals surface area contributed by atoms with Crippen LogP contribution in [0.3, 0.4) is 0 Å². The molecule has 0 aliphatic carbocycles. The number of piperidine rings is 2. The molecule has 2 saturated heterocycles. The highest BCUT2D eigenvalue weighted by molar-refractivity contribution is 8.01. The topological polar surface area (TPSA) is 32.3 Å². The standard InChI is InChI=1S/C18H24N2OS/c21-17(16-13-14-3-1-2-4-15(14)22-16)20-11-7-18(8-12-20)5-9-19-10-6-18/h1-4,16,19H,5-13H2. The second kappa shape index (κ2) is 5.89. The smallest absolute Gasteiger partial charge is 0.236 e. The molecule has 3 aliphatic rings. The Morgan fingerprint density at radius 3 is 2.59 bits per heavy atom. The van der Waals surface area contributed by atoms with Crippen LogP contribution in [0.5, 0.6) is 0 Å². The average Bonchev–Trinajstić information content (AvgIpc) is 3.00. The highest BCUT2D eigenvalue weighted by Crippen LogP contribution is 2.41. The van der Waals surface area contributed by atoms with Crippen LogP contribution in [-0.4, -0.2) is 42.2 Å². The van der Waals surface area contributed by atoms with Crippen molar-refractivity contribution in [3.05, 3.63) is 29.8 Å². The van der Waals surface area contributed by atoms with Gasteiger partial charge in [0.2, 0.25) is 5.91 Å². The Balaban J connectivity index is 1.37. The van der Waals surface area contributed by atoms with Crippen molar-refractivity contribution in [2.75, 3.05) is 26.2 Å². The summed E-state index contributed by atoms with van der Waals surface area (Å²) in [4.78, 5) is 16.3. The Labute approximate surface area is 136 Å². The molecule has 0 radical (unpaired) electrons. The molecule has 1 aromatic rings. The molecule has 1 aromatic carbocycles. The van der Waals surface area contributed by atoms with E-state index < -0.39 is 0 Å². The second-order valence-corrected chi connectivity index (χ2v) is 8.24. The third-order valence-corrected chi connectivity index (χ3v) is 7.03. The zero-order valence-corrected chi connectivity index (χ0v) is 13.8. The first-order valence-electron chi connectivity index (χ1n) is 8.50. The van der Waals surface area contributed by atoms with Crippen molar-refractivity contribution in [1.29, 1.82) is 0 Å². The number of carbonyl (C=O) groups is 1. The minimum atomic E-state index is 0.111. The van der Waals surface area contributed by atoms with Gasteiger partial charge in [-0.15, -0.1) is 11.8 Å². The molecule has 3 nitrogen and oxygen atoms in total. The number of carbonyl (C=O) groups excluding carboxylic acids is 1. The van der Waals surface area contributed by atoms with Gasteiger partial charge in [0.05, 0.1) is 5.25 Å². The largest absolute Gasteiger partial charge is 0.342 e. The van der Waals surface area contributed by atoms with E-state index >= 15 is 0 Å². The first-order chi connectivity index (χ1) is 10.8. The van der Waals surface area contributed by atoms with Gasteiger partial charge >= 0.3 is 0 Å².